The van der Waals surface area contributed by atoms with Gasteiger partial charge < -0.3 is 31.2 Å². The highest BCUT2D eigenvalue weighted by atomic mass is 32.1. The number of hydrogen-bond acceptors (Lipinski definition) is 17. The molecule has 0 aliphatic carbocycles. The van der Waals surface area contributed by atoms with Crippen LogP contribution in [0, 0.1) is 166 Å². The number of nitrogens with one attached hydrogen (secondary N) is 6. The van der Waals surface area contributed by atoms with Gasteiger partial charge in [0.2, 0.25) is 0 Å². The zero-order chi connectivity index (χ0) is 90.8. The number of allylic oxidation sites excluding steroid dienone is 4. The first-order chi connectivity index (χ1) is 57.4. The summed E-state index contributed by atoms with van der Waals surface area (Å²) in [4.78, 5) is 43.8. The molecule has 0 fully saturated rings. The van der Waals surface area contributed by atoms with Crippen molar-refractivity contribution in [2.45, 2.75) is 364 Å². The first-order valence-electron chi connectivity index (χ1n) is 42.1. The molecule has 772 valence electrons. The topological polar surface area (TPSA) is 183 Å². The monoisotopic (exact) mass is 1960 g/mol. The predicted octanol–water partition coefficient (Wildman–Crippen LogP) is 36.6. The van der Waals surface area contributed by atoms with Gasteiger partial charge in [0, 0.05) is 142 Å². The van der Waals surface area contributed by atoms with Gasteiger partial charge >= 0.3 is 0 Å². The van der Waals surface area contributed by atoms with Gasteiger partial charge in [-0.3, -0.25) is 29.9 Å². The van der Waals surface area contributed by atoms with Crippen molar-refractivity contribution in [3.05, 3.63) is 332 Å². The molecule has 0 aromatic carbocycles. The van der Waals surface area contributed by atoms with Crippen LogP contribution in [0.15, 0.2) is 200 Å². The SMILES string of the molecule is C.C.C.C.C.C.C.C.C.C.C.C.C.C.CC1=C(C)CNCC1.CC1=C(C)CNCC1.CC1=C(C)NCCC1.CC1=C(C)NCCC1.Cc1cc[nH]c1C.Cc1cc[nH]c1C.Cc1cccnc1C.Cc1cccnc1C.Cc1ccncc1C.Cc1ccncc1C.Cc1ccsc1C.Cc1ccsc1C.Cc1cscc1C.Cc1nccnc1C.Cc1ncsc1C.Cc1ncsc1C. The normalized spacial score (nSPS) is 11.2. The van der Waals surface area contributed by atoms with Crippen LogP contribution in [0.2, 0.25) is 0 Å². The molecule has 0 amide bonds. The molecule has 12 aromatic rings. The average Bonchev–Trinajstić information content (AvgIpc) is 1.88. The number of hydrogen-bond donors (Lipinski definition) is 6. The largest absolute Gasteiger partial charge is 0.389 e. The van der Waals surface area contributed by atoms with Crippen molar-refractivity contribution in [1.29, 1.82) is 0 Å². The molecule has 6 N–H and O–H groups in total. The standard InChI is InChI=1S/2C7H13N.2C7H9N.2C7H13N.2C7H9N.C6H8N2.2C6H9N.3C6H8S.2C5H7NS.14CH4/c4*1-6-3-4-8-5-7(6)2;4*1-6-4-3-5-8-7(6)2;1-5-6(2)8-4-3-7-5;2*1-5-3-4-7-6(5)2;1-5-3-7-4-6(5)2;2*1-5-3-4-7-6(5)2;2*1-4-5(2)7-3-6-4;;;;;;;;;;;;;;/h2*8H,3-5H2,1-2H3;2*3-5H,1-2H3;2*8H,3-5H2,1-2H3;2*3-5H,1-2H3;3-4H,1-2H3;2*3-4,7H,1-2H3;3*3-4H,1-2H3;2*3H,1-2H3;14*1H4. The van der Waals surface area contributed by atoms with Gasteiger partial charge in [-0.2, -0.15) is 11.3 Å². The Bertz CT molecular complexity index is 3850. The predicted molar refractivity (Wildman–Crippen MR) is 629 cm³/mol. The Labute approximate surface area is 856 Å². The maximum atomic E-state index is 4.08. The highest BCUT2D eigenvalue weighted by molar-refractivity contribution is 7.10. The van der Waals surface area contributed by atoms with Crippen LogP contribution in [0.1, 0.15) is 330 Å². The Kier molecular flexibility index (Phi) is 108. The molecule has 0 atom stereocenters. The summed E-state index contributed by atoms with van der Waals surface area (Å²) in [5.74, 6) is 0. The maximum absolute atomic E-state index is 4.08. The van der Waals surface area contributed by atoms with Crippen molar-refractivity contribution in [3.63, 3.8) is 0 Å². The number of aromatic nitrogens is 10. The molecule has 135 heavy (non-hydrogen) atoms. The summed E-state index contributed by atoms with van der Waals surface area (Å²) >= 11 is 8.76. The van der Waals surface area contributed by atoms with E-state index in [0.717, 1.165) is 47.3 Å². The Hall–Kier alpha value is -8.92. The van der Waals surface area contributed by atoms with Gasteiger partial charge in [0.25, 0.3) is 0 Å². The molecule has 0 radical (unpaired) electrons. The molecule has 19 heteroatoms. The average molecular weight is 1960 g/mol. The summed E-state index contributed by atoms with van der Waals surface area (Å²) in [5, 5.41) is 21.8. The molecule has 12 aromatic heterocycles. The zero-order valence-corrected chi connectivity index (χ0v) is 84.2. The quantitative estimate of drug-likeness (QED) is 0.0792. The highest BCUT2D eigenvalue weighted by Gasteiger charge is 2.05. The van der Waals surface area contributed by atoms with E-state index in [2.05, 4.69) is 309 Å². The van der Waals surface area contributed by atoms with Crippen LogP contribution < -0.4 is 21.3 Å². The molecule has 4 aliphatic rings. The fraction of sp³-hybridized carbons (Fsp3) is 0.500. The fourth-order valence-corrected chi connectivity index (χ4v) is 13.1. The zero-order valence-electron chi connectivity index (χ0n) is 80.1. The molecule has 16 heterocycles. The van der Waals surface area contributed by atoms with Crippen molar-refractivity contribution in [2.75, 3.05) is 39.3 Å². The Morgan fingerprint density at radius 3 is 0.711 bits per heavy atom. The Morgan fingerprint density at radius 2 is 0.578 bits per heavy atom. The molecule has 0 unspecified atom stereocenters. The van der Waals surface area contributed by atoms with Crippen LogP contribution in [-0.4, -0.2) is 89.1 Å². The number of thiazole rings is 2. The van der Waals surface area contributed by atoms with Crippen molar-refractivity contribution in [2.24, 2.45) is 0 Å². The number of pyridine rings is 4. The Morgan fingerprint density at radius 1 is 0.252 bits per heavy atom. The van der Waals surface area contributed by atoms with E-state index in [-0.39, 0.29) is 104 Å². The minimum Gasteiger partial charge on any atom is -0.389 e. The van der Waals surface area contributed by atoms with Crippen LogP contribution in [0.3, 0.4) is 0 Å². The van der Waals surface area contributed by atoms with Gasteiger partial charge in [0.15, 0.2) is 0 Å². The summed E-state index contributed by atoms with van der Waals surface area (Å²) in [6.07, 6.45) is 25.9. The van der Waals surface area contributed by atoms with E-state index in [0.29, 0.717) is 0 Å². The van der Waals surface area contributed by atoms with Crippen LogP contribution in [0.25, 0.3) is 0 Å². The second-order valence-electron chi connectivity index (χ2n) is 30.9. The molecule has 16 rings (SSSR count). The summed E-state index contributed by atoms with van der Waals surface area (Å²) in [6.45, 7) is 74.0. The van der Waals surface area contributed by atoms with E-state index in [1.807, 2.05) is 126 Å². The molecule has 0 bridgehead atoms. The van der Waals surface area contributed by atoms with Gasteiger partial charge in [-0.15, -0.1) is 45.3 Å². The minimum atomic E-state index is 0. The van der Waals surface area contributed by atoms with Gasteiger partial charge in [-0.1, -0.05) is 150 Å². The first kappa shape index (κ1) is 157. The number of nitrogens with zero attached hydrogens (tertiary/aromatic N) is 8. The van der Waals surface area contributed by atoms with Gasteiger partial charge in [-0.25, -0.2) is 9.97 Å². The molecule has 4 aliphatic heterocycles. The molecular formula is C116H208N14S5. The van der Waals surface area contributed by atoms with E-state index in [1.54, 1.807) is 80.2 Å². The van der Waals surface area contributed by atoms with Crippen LogP contribution >= 0.6 is 56.7 Å². The fourth-order valence-electron chi connectivity index (χ4n) is 9.56. The van der Waals surface area contributed by atoms with E-state index in [9.17, 15) is 0 Å². The number of thiophene rings is 3. The maximum Gasteiger partial charge on any atom is 0.0797 e. The van der Waals surface area contributed by atoms with Crippen molar-refractivity contribution >= 4 is 56.7 Å². The molecule has 14 nitrogen and oxygen atoms in total. The van der Waals surface area contributed by atoms with E-state index >= 15 is 0 Å². The lowest BCUT2D eigenvalue weighted by molar-refractivity contribution is 0.661. The summed E-state index contributed by atoms with van der Waals surface area (Å²) in [6, 6.07) is 20.4. The first-order valence-corrected chi connectivity index (χ1v) is 46.6. The van der Waals surface area contributed by atoms with Crippen LogP contribution in [0.4, 0.5) is 0 Å². The summed E-state index contributed by atoms with van der Waals surface area (Å²) in [5.41, 5.74) is 40.8. The minimum absolute atomic E-state index is 0. The molecule has 0 spiro atoms. The van der Waals surface area contributed by atoms with Crippen molar-refractivity contribution in [3.8, 4) is 0 Å². The van der Waals surface area contributed by atoms with Gasteiger partial charge in [0.1, 0.15) is 0 Å². The van der Waals surface area contributed by atoms with Gasteiger partial charge in [0.05, 0.1) is 33.8 Å². The number of aryl methyl sites for hydroxylation is 24. The van der Waals surface area contributed by atoms with Crippen LogP contribution in [0.5, 0.6) is 0 Å². The lowest BCUT2D eigenvalue weighted by atomic mass is 10.1. The van der Waals surface area contributed by atoms with E-state index < -0.39 is 0 Å². The van der Waals surface area contributed by atoms with Crippen LogP contribution in [-0.2, 0) is 0 Å². The summed E-state index contributed by atoms with van der Waals surface area (Å²) < 4.78 is 0. The van der Waals surface area contributed by atoms with E-state index in [1.165, 1.54) is 196 Å². The van der Waals surface area contributed by atoms with Crippen molar-refractivity contribution < 1.29 is 0 Å². The lowest BCUT2D eigenvalue weighted by Crippen LogP contribution is -2.23. The third-order valence-electron chi connectivity index (χ3n) is 21.1. The van der Waals surface area contributed by atoms with Gasteiger partial charge in [-0.05, 0) is 410 Å². The number of rotatable bonds is 0. The second kappa shape index (κ2) is 92.8. The lowest BCUT2D eigenvalue weighted by Gasteiger charge is -2.15. The molecular weight excluding hydrogens is 1750 g/mol. The summed E-state index contributed by atoms with van der Waals surface area (Å²) in [7, 11) is 0. The second-order valence-corrected chi connectivity index (χ2v) is 36.0. The smallest absolute Gasteiger partial charge is 0.0797 e. The Balaban J connectivity index is -0.0000000958. The third-order valence-corrected chi connectivity index (χ3v) is 25.7. The number of aromatic amines is 2. The highest BCUT2D eigenvalue weighted by Crippen LogP contribution is 2.18. The third kappa shape index (κ3) is 73.9. The molecule has 0 saturated heterocycles. The van der Waals surface area contributed by atoms with Crippen molar-refractivity contribution in [1.82, 2.24) is 71.1 Å². The molecule has 0 saturated carbocycles. The van der Waals surface area contributed by atoms with E-state index in [4.69, 9.17) is 0 Å². The number of H-pyrrole nitrogens is 2.